The minimum Gasteiger partial charge on any atom is -0.320 e. The van der Waals surface area contributed by atoms with E-state index in [9.17, 15) is 14.9 Å². The van der Waals surface area contributed by atoms with Crippen LogP contribution < -0.4 is 5.32 Å². The number of carbonyl (C=O) groups is 1. The summed E-state index contributed by atoms with van der Waals surface area (Å²) in [7, 11) is 0. The lowest BCUT2D eigenvalue weighted by Crippen LogP contribution is -2.13. The molecule has 1 amide bonds. The molecule has 2 rings (SSSR count). The van der Waals surface area contributed by atoms with Gasteiger partial charge in [0.25, 0.3) is 11.6 Å². The van der Waals surface area contributed by atoms with Gasteiger partial charge in [-0.25, -0.2) is 4.98 Å². The first-order valence-corrected chi connectivity index (χ1v) is 6.86. The number of aryl methyl sites for hydroxylation is 2. The Hall–Kier alpha value is -2.28. The lowest BCUT2D eigenvalue weighted by atomic mass is 10.1. The number of carbonyl (C=O) groups excluding carboxylic acids is 1. The Labute approximate surface area is 129 Å². The molecule has 0 atom stereocenters. The third kappa shape index (κ3) is 3.63. The van der Waals surface area contributed by atoms with Crippen molar-refractivity contribution in [3.63, 3.8) is 0 Å². The molecule has 0 saturated heterocycles. The van der Waals surface area contributed by atoms with Crippen molar-refractivity contribution in [2.75, 3.05) is 5.32 Å². The number of nitrogens with one attached hydrogen (secondary N) is 1. The fourth-order valence-electron chi connectivity index (χ4n) is 1.86. The van der Waals surface area contributed by atoms with E-state index in [1.54, 1.807) is 32.0 Å². The molecule has 2 aromatic rings. The Morgan fingerprint density at radius 1 is 1.29 bits per heavy atom. The molecule has 0 fully saturated rings. The van der Waals surface area contributed by atoms with Crippen LogP contribution in [-0.2, 0) is 0 Å². The minimum atomic E-state index is -0.518. The molecule has 1 N–H and O–H groups in total. The van der Waals surface area contributed by atoms with Crippen LogP contribution in [0.4, 0.5) is 11.4 Å². The van der Waals surface area contributed by atoms with Gasteiger partial charge in [-0.1, -0.05) is 0 Å². The van der Waals surface area contributed by atoms with Crippen molar-refractivity contribution < 1.29 is 9.72 Å². The van der Waals surface area contributed by atoms with Crippen LogP contribution in [0.5, 0.6) is 0 Å². The number of amides is 1. The number of nitrogens with zero attached hydrogens (tertiary/aromatic N) is 2. The molecule has 6 nitrogen and oxygen atoms in total. The average molecular weight is 350 g/mol. The van der Waals surface area contributed by atoms with Crippen LogP contribution in [0.15, 0.2) is 34.9 Å². The zero-order valence-electron chi connectivity index (χ0n) is 11.4. The Kier molecular flexibility index (Phi) is 4.32. The van der Waals surface area contributed by atoms with Gasteiger partial charge in [0.05, 0.1) is 16.3 Å². The summed E-state index contributed by atoms with van der Waals surface area (Å²) < 4.78 is 0.671. The van der Waals surface area contributed by atoms with Crippen molar-refractivity contribution in [3.05, 3.63) is 61.9 Å². The van der Waals surface area contributed by atoms with Crippen molar-refractivity contribution in [2.45, 2.75) is 13.8 Å². The van der Waals surface area contributed by atoms with Crippen LogP contribution in [0, 0.1) is 24.0 Å². The molecule has 7 heteroatoms. The zero-order valence-corrected chi connectivity index (χ0v) is 13.0. The SMILES string of the molecule is Cc1cc(C(=O)Nc2ccc(Br)nc2C)cc([N+](=O)[O-])c1. The van der Waals surface area contributed by atoms with Crippen molar-refractivity contribution in [3.8, 4) is 0 Å². The number of rotatable bonds is 3. The molecule has 0 aliphatic carbocycles. The molecule has 1 aromatic heterocycles. The van der Waals surface area contributed by atoms with Crippen LogP contribution in [0.1, 0.15) is 21.6 Å². The first kappa shape index (κ1) is 15.1. The molecule has 0 saturated carbocycles. The minimum absolute atomic E-state index is 0.106. The van der Waals surface area contributed by atoms with E-state index in [2.05, 4.69) is 26.2 Å². The van der Waals surface area contributed by atoms with E-state index >= 15 is 0 Å². The predicted octanol–water partition coefficient (Wildman–Crippen LogP) is 3.62. The number of aromatic nitrogens is 1. The second-order valence-corrected chi connectivity index (χ2v) is 5.35. The monoisotopic (exact) mass is 349 g/mol. The Morgan fingerprint density at radius 2 is 2.00 bits per heavy atom. The highest BCUT2D eigenvalue weighted by Crippen LogP contribution is 2.20. The molecule has 0 bridgehead atoms. The Morgan fingerprint density at radius 3 is 2.62 bits per heavy atom. The summed E-state index contributed by atoms with van der Waals surface area (Å²) in [6.45, 7) is 3.47. The third-order valence-electron chi connectivity index (χ3n) is 2.84. The Balaban J connectivity index is 2.30. The third-order valence-corrected chi connectivity index (χ3v) is 3.28. The highest BCUT2D eigenvalue weighted by molar-refractivity contribution is 9.10. The number of benzene rings is 1. The van der Waals surface area contributed by atoms with Gasteiger partial charge in [0.1, 0.15) is 4.60 Å². The second-order valence-electron chi connectivity index (χ2n) is 4.54. The van der Waals surface area contributed by atoms with Gasteiger partial charge < -0.3 is 5.32 Å². The molecule has 108 valence electrons. The smallest absolute Gasteiger partial charge is 0.270 e. The Bertz CT molecular complexity index is 731. The van der Waals surface area contributed by atoms with Crippen molar-refractivity contribution in [1.82, 2.24) is 4.98 Å². The van der Waals surface area contributed by atoms with Gasteiger partial charge in [-0.2, -0.15) is 0 Å². The molecular formula is C14H12BrN3O3. The first-order chi connectivity index (χ1) is 9.86. The maximum absolute atomic E-state index is 12.2. The average Bonchev–Trinajstić information content (AvgIpc) is 2.41. The molecule has 1 heterocycles. The summed E-state index contributed by atoms with van der Waals surface area (Å²) in [5.74, 6) is -0.408. The number of halogens is 1. The number of nitro benzene ring substituents is 1. The number of non-ortho nitro benzene ring substituents is 1. The lowest BCUT2D eigenvalue weighted by molar-refractivity contribution is -0.384. The molecule has 21 heavy (non-hydrogen) atoms. The molecule has 0 aliphatic heterocycles. The van der Waals surface area contributed by atoms with Gasteiger partial charge in [-0.3, -0.25) is 14.9 Å². The number of hydrogen-bond acceptors (Lipinski definition) is 4. The summed E-state index contributed by atoms with van der Waals surface area (Å²) in [6.07, 6.45) is 0. The van der Waals surface area contributed by atoms with Gasteiger partial charge in [-0.15, -0.1) is 0 Å². The summed E-state index contributed by atoms with van der Waals surface area (Å²) >= 11 is 3.24. The van der Waals surface area contributed by atoms with E-state index in [0.29, 0.717) is 21.5 Å². The van der Waals surface area contributed by atoms with Crippen molar-refractivity contribution in [2.24, 2.45) is 0 Å². The van der Waals surface area contributed by atoms with E-state index in [-0.39, 0.29) is 11.3 Å². The number of pyridine rings is 1. The maximum atomic E-state index is 12.2. The highest BCUT2D eigenvalue weighted by Gasteiger charge is 2.14. The molecular weight excluding hydrogens is 338 g/mol. The highest BCUT2D eigenvalue weighted by atomic mass is 79.9. The summed E-state index contributed by atoms with van der Waals surface area (Å²) in [5, 5.41) is 13.5. The molecule has 1 aromatic carbocycles. The fourth-order valence-corrected chi connectivity index (χ4v) is 2.25. The number of anilines is 1. The normalized spacial score (nSPS) is 10.2. The van der Waals surface area contributed by atoms with Crippen LogP contribution in [0.2, 0.25) is 0 Å². The van der Waals surface area contributed by atoms with Crippen LogP contribution >= 0.6 is 15.9 Å². The van der Waals surface area contributed by atoms with Gasteiger partial charge in [0, 0.05) is 17.7 Å². The first-order valence-electron chi connectivity index (χ1n) is 6.07. The molecule has 0 aliphatic rings. The molecule has 0 unspecified atom stereocenters. The zero-order chi connectivity index (χ0) is 15.6. The van der Waals surface area contributed by atoms with E-state index in [0.717, 1.165) is 0 Å². The van der Waals surface area contributed by atoms with Crippen molar-refractivity contribution >= 4 is 33.2 Å². The maximum Gasteiger partial charge on any atom is 0.270 e. The van der Waals surface area contributed by atoms with E-state index in [1.165, 1.54) is 12.1 Å². The van der Waals surface area contributed by atoms with Crippen molar-refractivity contribution in [1.29, 1.82) is 0 Å². The van der Waals surface area contributed by atoms with Crippen LogP contribution in [-0.4, -0.2) is 15.8 Å². The predicted molar refractivity (Wildman–Crippen MR) is 82.5 cm³/mol. The summed E-state index contributed by atoms with van der Waals surface area (Å²) in [5.41, 5.74) is 2.00. The largest absolute Gasteiger partial charge is 0.320 e. The quantitative estimate of drug-likeness (QED) is 0.520. The van der Waals surface area contributed by atoms with Gasteiger partial charge >= 0.3 is 0 Å². The fraction of sp³-hybridized carbons (Fsp3) is 0.143. The van der Waals surface area contributed by atoms with Gasteiger partial charge in [-0.05, 0) is 53.5 Å². The van der Waals surface area contributed by atoms with E-state index < -0.39 is 10.8 Å². The van der Waals surface area contributed by atoms with Gasteiger partial charge in [0.15, 0.2) is 0 Å². The number of nitro groups is 1. The summed E-state index contributed by atoms with van der Waals surface area (Å²) in [4.78, 5) is 26.7. The van der Waals surface area contributed by atoms with E-state index in [1.807, 2.05) is 0 Å². The summed E-state index contributed by atoms with van der Waals surface area (Å²) in [6, 6.07) is 7.70. The topological polar surface area (TPSA) is 85.1 Å². The van der Waals surface area contributed by atoms with Crippen LogP contribution in [0.3, 0.4) is 0 Å². The second kappa shape index (κ2) is 6.01. The molecule has 0 radical (unpaired) electrons. The number of hydrogen-bond donors (Lipinski definition) is 1. The lowest BCUT2D eigenvalue weighted by Gasteiger charge is -2.08. The standard InChI is InChI=1S/C14H12BrN3O3/c1-8-5-10(7-11(6-8)18(20)21)14(19)17-12-3-4-13(15)16-9(12)2/h3-7H,1-2H3,(H,17,19). The molecule has 0 spiro atoms. The van der Waals surface area contributed by atoms with Gasteiger partial charge in [0.2, 0.25) is 0 Å². The van der Waals surface area contributed by atoms with E-state index in [4.69, 9.17) is 0 Å². The van der Waals surface area contributed by atoms with Crippen LogP contribution in [0.25, 0.3) is 0 Å².